The first-order valence-electron chi connectivity index (χ1n) is 4.47. The largest absolute Gasteiger partial charge is 0.352 e. The van der Waals surface area contributed by atoms with Crippen LogP contribution < -0.4 is 10.6 Å². The molecule has 0 radical (unpaired) electrons. The topological polar surface area (TPSA) is 80.0 Å². The summed E-state index contributed by atoms with van der Waals surface area (Å²) < 4.78 is 4.88. The first-order valence-corrected chi connectivity index (χ1v) is 4.47. The van der Waals surface area contributed by atoms with Crippen molar-refractivity contribution in [1.82, 2.24) is 20.8 Å². The van der Waals surface area contributed by atoms with Crippen LogP contribution in [0, 0.1) is 0 Å². The summed E-state index contributed by atoms with van der Waals surface area (Å²) in [5.74, 6) is 0.263. The van der Waals surface area contributed by atoms with Gasteiger partial charge in [-0.25, -0.2) is 0 Å². The number of rotatable bonds is 5. The zero-order chi connectivity index (χ0) is 10.4. The van der Waals surface area contributed by atoms with Crippen LogP contribution in [0.1, 0.15) is 22.9 Å². The van der Waals surface area contributed by atoms with Crippen LogP contribution in [0.15, 0.2) is 4.52 Å². The van der Waals surface area contributed by atoms with E-state index in [1.54, 1.807) is 0 Å². The summed E-state index contributed by atoms with van der Waals surface area (Å²) in [6, 6.07) is 0. The number of nitrogens with one attached hydrogen (secondary N) is 2. The molecule has 6 heteroatoms. The lowest BCUT2D eigenvalue weighted by atomic mass is 10.3. The first kappa shape index (κ1) is 10.6. The molecule has 1 amide bonds. The second-order valence-electron chi connectivity index (χ2n) is 2.80. The Morgan fingerprint density at radius 2 is 2.29 bits per heavy atom. The van der Waals surface area contributed by atoms with Gasteiger partial charge in [-0.05, 0) is 20.0 Å². The predicted octanol–water partition coefficient (Wildman–Crippen LogP) is -0.419. The van der Waals surface area contributed by atoms with Crippen molar-refractivity contribution in [3.05, 3.63) is 11.7 Å². The van der Waals surface area contributed by atoms with Gasteiger partial charge in [-0.2, -0.15) is 4.98 Å². The minimum Gasteiger partial charge on any atom is -0.352 e. The Balaban J connectivity index is 2.46. The zero-order valence-electron chi connectivity index (χ0n) is 8.33. The Bertz CT molecular complexity index is 297. The fraction of sp³-hybridized carbons (Fsp3) is 0.625. The van der Waals surface area contributed by atoms with E-state index in [0.29, 0.717) is 12.3 Å². The summed E-state index contributed by atoms with van der Waals surface area (Å²) in [6.45, 7) is 0.887. The average molecular weight is 198 g/mol. The van der Waals surface area contributed by atoms with Gasteiger partial charge >= 0.3 is 0 Å². The summed E-state index contributed by atoms with van der Waals surface area (Å²) in [7, 11) is 3.41. The van der Waals surface area contributed by atoms with Crippen LogP contribution in [0.4, 0.5) is 0 Å². The van der Waals surface area contributed by atoms with Gasteiger partial charge in [0.25, 0.3) is 11.7 Å². The van der Waals surface area contributed by atoms with E-state index < -0.39 is 0 Å². The molecular weight excluding hydrogens is 184 g/mol. The summed E-state index contributed by atoms with van der Waals surface area (Å²) in [5.41, 5.74) is 0. The lowest BCUT2D eigenvalue weighted by molar-refractivity contribution is 0.0950. The zero-order valence-corrected chi connectivity index (χ0v) is 8.33. The number of amides is 1. The Morgan fingerprint density at radius 1 is 1.50 bits per heavy atom. The summed E-state index contributed by atoms with van der Waals surface area (Å²) >= 11 is 0. The van der Waals surface area contributed by atoms with E-state index in [0.717, 1.165) is 13.0 Å². The van der Waals surface area contributed by atoms with Crippen molar-refractivity contribution in [2.75, 3.05) is 20.6 Å². The molecule has 0 spiro atoms. The second kappa shape index (κ2) is 5.33. The van der Waals surface area contributed by atoms with Crippen LogP contribution in [0.5, 0.6) is 0 Å². The van der Waals surface area contributed by atoms with Crippen molar-refractivity contribution in [3.63, 3.8) is 0 Å². The van der Waals surface area contributed by atoms with Gasteiger partial charge in [-0.15, -0.1) is 0 Å². The monoisotopic (exact) mass is 198 g/mol. The molecule has 78 valence electrons. The fourth-order valence-electron chi connectivity index (χ4n) is 0.977. The van der Waals surface area contributed by atoms with Gasteiger partial charge in [0.15, 0.2) is 0 Å². The number of aromatic nitrogens is 2. The van der Waals surface area contributed by atoms with Crippen molar-refractivity contribution >= 4 is 5.91 Å². The summed E-state index contributed by atoms with van der Waals surface area (Å²) in [5, 5.41) is 8.98. The Morgan fingerprint density at radius 3 is 2.93 bits per heavy atom. The van der Waals surface area contributed by atoms with Crippen molar-refractivity contribution < 1.29 is 9.32 Å². The quantitative estimate of drug-likeness (QED) is 0.628. The van der Waals surface area contributed by atoms with Crippen LogP contribution in [-0.2, 0) is 6.42 Å². The lowest BCUT2D eigenvalue weighted by Gasteiger charge is -1.93. The molecule has 1 heterocycles. The molecule has 1 aromatic rings. The van der Waals surface area contributed by atoms with Crippen molar-refractivity contribution in [2.45, 2.75) is 12.8 Å². The molecule has 1 rings (SSSR count). The van der Waals surface area contributed by atoms with E-state index in [-0.39, 0.29) is 11.7 Å². The molecule has 14 heavy (non-hydrogen) atoms. The van der Waals surface area contributed by atoms with Crippen LogP contribution >= 0.6 is 0 Å². The SMILES string of the molecule is CNCCCc1nc(C(=O)NC)no1. The third-order valence-corrected chi connectivity index (χ3v) is 1.72. The lowest BCUT2D eigenvalue weighted by Crippen LogP contribution is -2.19. The number of hydrogen-bond donors (Lipinski definition) is 2. The normalized spacial score (nSPS) is 10.1. The minimum absolute atomic E-state index is 0.0898. The average Bonchev–Trinajstić information content (AvgIpc) is 2.66. The number of nitrogens with zero attached hydrogens (tertiary/aromatic N) is 2. The highest BCUT2D eigenvalue weighted by Gasteiger charge is 2.11. The fourth-order valence-corrected chi connectivity index (χ4v) is 0.977. The molecule has 0 saturated carbocycles. The third kappa shape index (κ3) is 2.81. The molecule has 0 atom stereocenters. The van der Waals surface area contributed by atoms with Gasteiger partial charge in [-0.3, -0.25) is 4.79 Å². The summed E-state index contributed by atoms with van der Waals surface area (Å²) in [6.07, 6.45) is 1.59. The highest BCUT2D eigenvalue weighted by molar-refractivity contribution is 5.89. The maximum atomic E-state index is 11.0. The number of carbonyl (C=O) groups is 1. The van der Waals surface area contributed by atoms with E-state index in [4.69, 9.17) is 4.52 Å². The van der Waals surface area contributed by atoms with Crippen LogP contribution in [-0.4, -0.2) is 36.7 Å². The van der Waals surface area contributed by atoms with Crippen molar-refractivity contribution in [1.29, 1.82) is 0 Å². The molecule has 0 unspecified atom stereocenters. The van der Waals surface area contributed by atoms with E-state index in [1.807, 2.05) is 7.05 Å². The predicted molar refractivity (Wildman–Crippen MR) is 49.9 cm³/mol. The maximum Gasteiger partial charge on any atom is 0.292 e. The first-order chi connectivity index (χ1) is 6.77. The van der Waals surface area contributed by atoms with E-state index in [9.17, 15) is 4.79 Å². The molecule has 0 saturated heterocycles. The molecular formula is C8H14N4O2. The standard InChI is InChI=1S/C8H14N4O2/c1-9-5-3-4-6-11-7(12-14-6)8(13)10-2/h9H,3-5H2,1-2H3,(H,10,13). The number of aryl methyl sites for hydroxylation is 1. The molecule has 1 aromatic heterocycles. The Labute approximate surface area is 82.1 Å². The highest BCUT2D eigenvalue weighted by atomic mass is 16.5. The van der Waals surface area contributed by atoms with Gasteiger partial charge in [0, 0.05) is 13.5 Å². The molecule has 2 N–H and O–H groups in total. The van der Waals surface area contributed by atoms with Crippen molar-refractivity contribution in [3.8, 4) is 0 Å². The van der Waals surface area contributed by atoms with E-state index >= 15 is 0 Å². The third-order valence-electron chi connectivity index (χ3n) is 1.72. The van der Waals surface area contributed by atoms with Crippen LogP contribution in [0.3, 0.4) is 0 Å². The van der Waals surface area contributed by atoms with Gasteiger partial charge in [0.1, 0.15) is 0 Å². The Kier molecular flexibility index (Phi) is 4.06. The molecule has 6 nitrogen and oxygen atoms in total. The Hall–Kier alpha value is -1.43. The smallest absolute Gasteiger partial charge is 0.292 e. The van der Waals surface area contributed by atoms with Crippen LogP contribution in [0.2, 0.25) is 0 Å². The number of carbonyl (C=O) groups excluding carboxylic acids is 1. The number of hydrogen-bond acceptors (Lipinski definition) is 5. The second-order valence-corrected chi connectivity index (χ2v) is 2.80. The summed E-state index contributed by atoms with van der Waals surface area (Å²) in [4.78, 5) is 15.0. The van der Waals surface area contributed by atoms with E-state index in [2.05, 4.69) is 20.8 Å². The molecule has 0 aromatic carbocycles. The molecule has 0 aliphatic carbocycles. The minimum atomic E-state index is -0.325. The maximum absolute atomic E-state index is 11.0. The van der Waals surface area contributed by atoms with Crippen molar-refractivity contribution in [2.24, 2.45) is 0 Å². The molecule has 0 fully saturated rings. The van der Waals surface area contributed by atoms with Gasteiger partial charge in [-0.1, -0.05) is 5.16 Å². The van der Waals surface area contributed by atoms with Gasteiger partial charge < -0.3 is 15.2 Å². The molecule has 0 aliphatic heterocycles. The van der Waals surface area contributed by atoms with Crippen LogP contribution in [0.25, 0.3) is 0 Å². The van der Waals surface area contributed by atoms with Gasteiger partial charge in [0.05, 0.1) is 0 Å². The molecule has 0 aliphatic rings. The molecule has 0 bridgehead atoms. The van der Waals surface area contributed by atoms with Gasteiger partial charge in [0.2, 0.25) is 5.89 Å². The highest BCUT2D eigenvalue weighted by Crippen LogP contribution is 2.00. The van der Waals surface area contributed by atoms with E-state index in [1.165, 1.54) is 7.05 Å².